The zero-order valence-electron chi connectivity index (χ0n) is 6.73. The molecule has 0 spiro atoms. The van der Waals surface area contributed by atoms with E-state index >= 15 is 0 Å². The van der Waals surface area contributed by atoms with E-state index in [9.17, 15) is 0 Å². The number of fused-ring (bicyclic) bond motifs is 1. The van der Waals surface area contributed by atoms with Crippen molar-refractivity contribution in [2.75, 3.05) is 0 Å². The van der Waals surface area contributed by atoms with Gasteiger partial charge in [0, 0.05) is 0 Å². The number of nitrogens with zero attached hydrogens (tertiary/aromatic N) is 1. The quantitative estimate of drug-likeness (QED) is 0.795. The molecule has 0 saturated heterocycles. The standard InChI is InChI=1S/C8H7AsN2.2ClH/c9-5-8-10-6-3-1-2-4-7(6)11-8;;/h1-4H,5H2,(H,10,11);2*1H. The molecular formula is C8H9AsCl2N2. The minimum absolute atomic E-state index is 0. The Labute approximate surface area is 97.8 Å². The summed E-state index contributed by atoms with van der Waals surface area (Å²) in [6.45, 7) is 0. The molecule has 1 aromatic carbocycles. The number of rotatable bonds is 1. The number of imidazole rings is 1. The third kappa shape index (κ3) is 2.63. The van der Waals surface area contributed by atoms with Gasteiger partial charge in [0.15, 0.2) is 0 Å². The van der Waals surface area contributed by atoms with Crippen molar-refractivity contribution in [1.82, 2.24) is 9.97 Å². The summed E-state index contributed by atoms with van der Waals surface area (Å²) in [6.07, 6.45) is 0. The normalized spacial score (nSPS) is 9.00. The Balaban J connectivity index is 0.000000720. The van der Waals surface area contributed by atoms with E-state index in [4.69, 9.17) is 0 Å². The number of halogens is 2. The molecule has 0 aliphatic rings. The molecule has 2 nitrogen and oxygen atoms in total. The molecule has 0 fully saturated rings. The molecule has 2 aromatic rings. The fourth-order valence-electron chi connectivity index (χ4n) is 1.08. The molecule has 70 valence electrons. The molecule has 0 amide bonds. The predicted molar refractivity (Wildman–Crippen MR) is 60.0 cm³/mol. The Morgan fingerprint density at radius 3 is 2.54 bits per heavy atom. The van der Waals surface area contributed by atoms with E-state index in [2.05, 4.69) is 26.8 Å². The van der Waals surface area contributed by atoms with Crippen molar-refractivity contribution in [1.29, 1.82) is 0 Å². The van der Waals surface area contributed by atoms with E-state index in [0.717, 1.165) is 22.1 Å². The molecule has 5 heteroatoms. The van der Waals surface area contributed by atoms with Gasteiger partial charge < -0.3 is 0 Å². The van der Waals surface area contributed by atoms with Gasteiger partial charge in [-0.05, 0) is 0 Å². The third-order valence-electron chi connectivity index (χ3n) is 1.59. The van der Waals surface area contributed by atoms with Gasteiger partial charge in [-0.1, -0.05) is 0 Å². The molecule has 2 radical (unpaired) electrons. The third-order valence-corrected chi connectivity index (χ3v) is 2.22. The Morgan fingerprint density at radius 2 is 1.92 bits per heavy atom. The van der Waals surface area contributed by atoms with Gasteiger partial charge in [0.1, 0.15) is 0 Å². The van der Waals surface area contributed by atoms with Crippen LogP contribution in [-0.2, 0) is 5.21 Å². The predicted octanol–water partition coefficient (Wildman–Crippen LogP) is 2.07. The number of para-hydroxylation sites is 2. The van der Waals surface area contributed by atoms with E-state index in [1.807, 2.05) is 24.3 Å². The molecule has 1 N–H and O–H groups in total. The average Bonchev–Trinajstić information content (AvgIpc) is 2.46. The second-order valence-corrected chi connectivity index (χ2v) is 3.02. The van der Waals surface area contributed by atoms with Crippen LogP contribution in [0.5, 0.6) is 0 Å². The second kappa shape index (κ2) is 5.54. The van der Waals surface area contributed by atoms with Crippen LogP contribution in [-0.4, -0.2) is 26.8 Å². The summed E-state index contributed by atoms with van der Waals surface area (Å²) in [6, 6.07) is 8.05. The minimum atomic E-state index is 0. The Kier molecular flexibility index (Phi) is 5.46. The van der Waals surface area contributed by atoms with E-state index in [1.165, 1.54) is 0 Å². The summed E-state index contributed by atoms with van der Waals surface area (Å²) >= 11 is 2.51. The van der Waals surface area contributed by atoms with Crippen LogP contribution < -0.4 is 0 Å². The number of hydrogen-bond donors (Lipinski definition) is 1. The summed E-state index contributed by atoms with van der Waals surface area (Å²) in [5.41, 5.74) is 2.17. The number of hydrogen-bond acceptors (Lipinski definition) is 1. The second-order valence-electron chi connectivity index (χ2n) is 2.36. The first kappa shape index (κ1) is 12.8. The molecule has 0 aliphatic heterocycles. The molecule has 1 aromatic heterocycles. The molecule has 13 heavy (non-hydrogen) atoms. The maximum atomic E-state index is 4.36. The van der Waals surface area contributed by atoms with Gasteiger partial charge in [-0.25, -0.2) is 0 Å². The average molecular weight is 279 g/mol. The first-order valence-corrected chi connectivity index (χ1v) is 4.77. The van der Waals surface area contributed by atoms with Gasteiger partial charge in [0.25, 0.3) is 0 Å². The van der Waals surface area contributed by atoms with Crippen LogP contribution in [0.15, 0.2) is 24.3 Å². The summed E-state index contributed by atoms with van der Waals surface area (Å²) in [5.74, 6) is 1.03. The zero-order valence-corrected chi connectivity index (χ0v) is 10.2. The van der Waals surface area contributed by atoms with Crippen molar-refractivity contribution in [3.63, 3.8) is 0 Å². The van der Waals surface area contributed by atoms with E-state index in [-0.39, 0.29) is 24.8 Å². The van der Waals surface area contributed by atoms with Crippen LogP contribution in [0.4, 0.5) is 0 Å². The van der Waals surface area contributed by atoms with Crippen LogP contribution >= 0.6 is 24.8 Å². The Bertz CT molecular complexity index is 342. The molecule has 0 bridgehead atoms. The fourth-order valence-corrected chi connectivity index (χ4v) is 1.39. The van der Waals surface area contributed by atoms with Gasteiger partial charge in [0.05, 0.1) is 0 Å². The van der Waals surface area contributed by atoms with Crippen LogP contribution in [0.2, 0.25) is 0 Å². The number of aromatic nitrogens is 2. The first-order valence-electron chi connectivity index (χ1n) is 3.44. The monoisotopic (exact) mass is 278 g/mol. The Hall–Kier alpha value is -0.172. The molecule has 2 rings (SSSR count). The van der Waals surface area contributed by atoms with Crippen molar-refractivity contribution in [3.8, 4) is 0 Å². The topological polar surface area (TPSA) is 28.7 Å². The molecule has 0 saturated carbocycles. The summed E-state index contributed by atoms with van der Waals surface area (Å²) in [7, 11) is 0. The maximum absolute atomic E-state index is 4.36. The van der Waals surface area contributed by atoms with Crippen molar-refractivity contribution in [2.45, 2.75) is 5.21 Å². The van der Waals surface area contributed by atoms with Gasteiger partial charge in [-0.15, -0.1) is 24.8 Å². The van der Waals surface area contributed by atoms with Gasteiger partial charge in [0.2, 0.25) is 0 Å². The molecule has 1 heterocycles. The van der Waals surface area contributed by atoms with Crippen molar-refractivity contribution >= 4 is 52.7 Å². The van der Waals surface area contributed by atoms with Gasteiger partial charge in [-0.3, -0.25) is 0 Å². The van der Waals surface area contributed by atoms with Crippen LogP contribution in [0.25, 0.3) is 11.0 Å². The number of benzene rings is 1. The van der Waals surface area contributed by atoms with Crippen molar-refractivity contribution in [2.24, 2.45) is 0 Å². The fraction of sp³-hybridized carbons (Fsp3) is 0.125. The molecule has 0 atom stereocenters. The number of H-pyrrole nitrogens is 1. The van der Waals surface area contributed by atoms with E-state index in [0.29, 0.717) is 0 Å². The van der Waals surface area contributed by atoms with Crippen LogP contribution in [0.1, 0.15) is 5.82 Å². The van der Waals surface area contributed by atoms with E-state index < -0.39 is 0 Å². The van der Waals surface area contributed by atoms with E-state index in [1.54, 1.807) is 0 Å². The molecule has 0 aliphatic carbocycles. The Morgan fingerprint density at radius 1 is 1.23 bits per heavy atom. The number of nitrogens with one attached hydrogen (secondary N) is 1. The summed E-state index contributed by atoms with van der Waals surface area (Å²) in [4.78, 5) is 7.58. The van der Waals surface area contributed by atoms with Gasteiger partial charge in [-0.2, -0.15) is 0 Å². The molecule has 0 unspecified atom stereocenters. The van der Waals surface area contributed by atoms with Crippen molar-refractivity contribution < 1.29 is 0 Å². The zero-order chi connectivity index (χ0) is 7.68. The van der Waals surface area contributed by atoms with Crippen LogP contribution in [0, 0.1) is 0 Å². The molecular weight excluding hydrogens is 270 g/mol. The summed E-state index contributed by atoms with van der Waals surface area (Å²) < 4.78 is 0. The van der Waals surface area contributed by atoms with Crippen molar-refractivity contribution in [3.05, 3.63) is 30.1 Å². The van der Waals surface area contributed by atoms with Crippen LogP contribution in [0.3, 0.4) is 0 Å². The summed E-state index contributed by atoms with van der Waals surface area (Å²) in [5, 5.41) is 0.904. The van der Waals surface area contributed by atoms with Gasteiger partial charge >= 0.3 is 73.2 Å². The first-order chi connectivity index (χ1) is 5.40. The number of aromatic amines is 1. The SMILES string of the molecule is Cl.Cl.[As]Cc1nc2ccccc2[nH]1.